The van der Waals surface area contributed by atoms with Gasteiger partial charge < -0.3 is 0 Å². The molecular weight excluding hydrogens is 150 g/mol. The molecular formula is C7H8F2N2. The first kappa shape index (κ1) is 6.76. The highest BCUT2D eigenvalue weighted by Crippen LogP contribution is 2.44. The highest BCUT2D eigenvalue weighted by molar-refractivity contribution is 4.92. The van der Waals surface area contributed by atoms with Gasteiger partial charge in [-0.15, -0.1) is 0 Å². The predicted molar refractivity (Wildman–Crippen MR) is 35.4 cm³/mol. The first-order chi connectivity index (χ1) is 5.17. The van der Waals surface area contributed by atoms with Crippen molar-refractivity contribution in [3.8, 4) is 0 Å². The van der Waals surface area contributed by atoms with Crippen molar-refractivity contribution in [1.82, 2.24) is 9.78 Å². The van der Waals surface area contributed by atoms with E-state index in [4.69, 9.17) is 0 Å². The Morgan fingerprint density at radius 3 is 2.64 bits per heavy atom. The van der Waals surface area contributed by atoms with Crippen molar-refractivity contribution in [2.45, 2.75) is 24.8 Å². The zero-order valence-electron chi connectivity index (χ0n) is 5.87. The van der Waals surface area contributed by atoms with Gasteiger partial charge in [0.1, 0.15) is 0 Å². The highest BCUT2D eigenvalue weighted by Gasteiger charge is 2.46. The van der Waals surface area contributed by atoms with Crippen molar-refractivity contribution >= 4 is 0 Å². The molecule has 1 aromatic heterocycles. The summed E-state index contributed by atoms with van der Waals surface area (Å²) in [7, 11) is 0. The first-order valence-corrected chi connectivity index (χ1v) is 3.54. The Bertz CT molecular complexity index is 235. The fourth-order valence-electron chi connectivity index (χ4n) is 1.31. The van der Waals surface area contributed by atoms with Gasteiger partial charge in [0.2, 0.25) is 0 Å². The van der Waals surface area contributed by atoms with Gasteiger partial charge in [-0.05, 0) is 6.07 Å². The zero-order chi connectivity index (χ0) is 7.90. The van der Waals surface area contributed by atoms with Crippen LogP contribution in [0.5, 0.6) is 0 Å². The van der Waals surface area contributed by atoms with E-state index in [1.807, 2.05) is 0 Å². The Labute approximate surface area is 62.8 Å². The zero-order valence-corrected chi connectivity index (χ0v) is 5.87. The van der Waals surface area contributed by atoms with E-state index in [-0.39, 0.29) is 18.9 Å². The van der Waals surface area contributed by atoms with Crippen LogP contribution in [0.25, 0.3) is 0 Å². The van der Waals surface area contributed by atoms with Crippen LogP contribution in [0.1, 0.15) is 18.9 Å². The maximum Gasteiger partial charge on any atom is 0.252 e. The quantitative estimate of drug-likeness (QED) is 0.609. The summed E-state index contributed by atoms with van der Waals surface area (Å²) in [5.41, 5.74) is 0. The molecule has 0 unspecified atom stereocenters. The van der Waals surface area contributed by atoms with Crippen LogP contribution in [0.4, 0.5) is 8.78 Å². The molecule has 0 radical (unpaired) electrons. The predicted octanol–water partition coefficient (Wildman–Crippen LogP) is 1.85. The largest absolute Gasteiger partial charge is 0.269 e. The Morgan fingerprint density at radius 2 is 2.18 bits per heavy atom. The Morgan fingerprint density at radius 1 is 1.45 bits per heavy atom. The maximum absolute atomic E-state index is 12.3. The van der Waals surface area contributed by atoms with Crippen molar-refractivity contribution in [2.75, 3.05) is 0 Å². The van der Waals surface area contributed by atoms with E-state index in [0.717, 1.165) is 0 Å². The standard InChI is InChI=1S/C7H8F2N2/c8-7(9)4-6(5-7)11-3-1-2-10-11/h1-3,6H,4-5H2. The van der Waals surface area contributed by atoms with Crippen LogP contribution < -0.4 is 0 Å². The molecule has 2 nitrogen and oxygen atoms in total. The molecule has 1 heterocycles. The van der Waals surface area contributed by atoms with E-state index in [2.05, 4.69) is 5.10 Å². The molecule has 11 heavy (non-hydrogen) atoms. The Hall–Kier alpha value is -0.930. The highest BCUT2D eigenvalue weighted by atomic mass is 19.3. The summed E-state index contributed by atoms with van der Waals surface area (Å²) in [4.78, 5) is 0. The SMILES string of the molecule is FC1(F)CC(n2cccn2)C1. The van der Waals surface area contributed by atoms with Crippen molar-refractivity contribution in [3.63, 3.8) is 0 Å². The lowest BCUT2D eigenvalue weighted by molar-refractivity contribution is -0.106. The number of hydrogen-bond acceptors (Lipinski definition) is 1. The molecule has 1 aliphatic rings. The molecule has 1 saturated carbocycles. The van der Waals surface area contributed by atoms with E-state index in [0.29, 0.717) is 0 Å². The molecule has 0 saturated heterocycles. The second-order valence-electron chi connectivity index (χ2n) is 2.90. The summed E-state index contributed by atoms with van der Waals surface area (Å²) in [6.45, 7) is 0. The monoisotopic (exact) mass is 158 g/mol. The minimum absolute atomic E-state index is 0.0608. The number of alkyl halides is 2. The summed E-state index contributed by atoms with van der Waals surface area (Å²) >= 11 is 0. The molecule has 2 rings (SSSR count). The number of halogens is 2. The molecule has 1 aromatic rings. The smallest absolute Gasteiger partial charge is 0.252 e. The lowest BCUT2D eigenvalue weighted by atomic mass is 9.88. The molecule has 0 bridgehead atoms. The van der Waals surface area contributed by atoms with Crippen molar-refractivity contribution in [1.29, 1.82) is 0 Å². The average molecular weight is 158 g/mol. The molecule has 0 aromatic carbocycles. The average Bonchev–Trinajstić information content (AvgIpc) is 2.32. The van der Waals surface area contributed by atoms with Gasteiger partial charge >= 0.3 is 0 Å². The minimum atomic E-state index is -2.45. The molecule has 60 valence electrons. The number of hydrogen-bond donors (Lipinski definition) is 0. The van der Waals surface area contributed by atoms with Gasteiger partial charge in [-0.1, -0.05) is 0 Å². The van der Waals surface area contributed by atoms with E-state index in [1.54, 1.807) is 23.1 Å². The molecule has 1 fully saturated rings. The van der Waals surface area contributed by atoms with Gasteiger partial charge in [-0.25, -0.2) is 8.78 Å². The molecule has 0 aliphatic heterocycles. The summed E-state index contributed by atoms with van der Waals surface area (Å²) in [6, 6.07) is 1.66. The van der Waals surface area contributed by atoms with Gasteiger partial charge in [0.05, 0.1) is 6.04 Å². The fourth-order valence-corrected chi connectivity index (χ4v) is 1.31. The second-order valence-corrected chi connectivity index (χ2v) is 2.90. The van der Waals surface area contributed by atoms with Gasteiger partial charge in [0.25, 0.3) is 5.92 Å². The van der Waals surface area contributed by atoms with Crippen molar-refractivity contribution in [3.05, 3.63) is 18.5 Å². The van der Waals surface area contributed by atoms with E-state index >= 15 is 0 Å². The summed E-state index contributed by atoms with van der Waals surface area (Å²) in [6.07, 6.45) is 3.21. The Kier molecular flexibility index (Phi) is 1.25. The molecule has 0 amide bonds. The van der Waals surface area contributed by atoms with Crippen molar-refractivity contribution in [2.24, 2.45) is 0 Å². The first-order valence-electron chi connectivity index (χ1n) is 3.54. The molecule has 0 N–H and O–H groups in total. The van der Waals surface area contributed by atoms with Crippen molar-refractivity contribution < 1.29 is 8.78 Å². The van der Waals surface area contributed by atoms with Gasteiger partial charge in [0, 0.05) is 25.2 Å². The third kappa shape index (κ3) is 1.13. The third-order valence-electron chi connectivity index (χ3n) is 1.97. The van der Waals surface area contributed by atoms with E-state index in [9.17, 15) is 8.78 Å². The number of nitrogens with zero attached hydrogens (tertiary/aromatic N) is 2. The molecule has 0 atom stereocenters. The van der Waals surface area contributed by atoms with Crippen LogP contribution in [0, 0.1) is 0 Å². The van der Waals surface area contributed by atoms with Gasteiger partial charge in [-0.2, -0.15) is 5.10 Å². The fraction of sp³-hybridized carbons (Fsp3) is 0.571. The second kappa shape index (κ2) is 2.03. The van der Waals surface area contributed by atoms with Crippen LogP contribution in [-0.2, 0) is 0 Å². The van der Waals surface area contributed by atoms with Gasteiger partial charge in [-0.3, -0.25) is 4.68 Å². The van der Waals surface area contributed by atoms with E-state index < -0.39 is 5.92 Å². The van der Waals surface area contributed by atoms with Crippen LogP contribution in [0.2, 0.25) is 0 Å². The number of aromatic nitrogens is 2. The normalized spacial score (nSPS) is 23.1. The lowest BCUT2D eigenvalue weighted by Gasteiger charge is -2.34. The summed E-state index contributed by atoms with van der Waals surface area (Å²) in [5.74, 6) is -2.45. The Balaban J connectivity index is 2.03. The third-order valence-corrected chi connectivity index (χ3v) is 1.97. The summed E-state index contributed by atoms with van der Waals surface area (Å²) < 4.78 is 26.3. The molecule has 4 heteroatoms. The summed E-state index contributed by atoms with van der Waals surface area (Å²) in [5, 5.41) is 3.89. The van der Waals surface area contributed by atoms with Gasteiger partial charge in [0.15, 0.2) is 0 Å². The number of rotatable bonds is 1. The van der Waals surface area contributed by atoms with Crippen LogP contribution in [0.3, 0.4) is 0 Å². The maximum atomic E-state index is 12.3. The minimum Gasteiger partial charge on any atom is -0.269 e. The lowest BCUT2D eigenvalue weighted by Crippen LogP contribution is -2.37. The van der Waals surface area contributed by atoms with Crippen LogP contribution in [-0.4, -0.2) is 15.7 Å². The van der Waals surface area contributed by atoms with E-state index in [1.165, 1.54) is 0 Å². The topological polar surface area (TPSA) is 17.8 Å². The molecule has 0 spiro atoms. The van der Waals surface area contributed by atoms with Crippen LogP contribution in [0.15, 0.2) is 18.5 Å². The van der Waals surface area contributed by atoms with Crippen LogP contribution >= 0.6 is 0 Å². The molecule has 1 aliphatic carbocycles.